The third-order valence-electron chi connectivity index (χ3n) is 2.49. The van der Waals surface area contributed by atoms with Gasteiger partial charge < -0.3 is 10.4 Å². The lowest BCUT2D eigenvalue weighted by Gasteiger charge is -2.26. The molecule has 0 amide bonds. The summed E-state index contributed by atoms with van der Waals surface area (Å²) in [5.74, 6) is -0.0417. The quantitative estimate of drug-likeness (QED) is 0.723. The molecule has 2 nitrogen and oxygen atoms in total. The lowest BCUT2D eigenvalue weighted by molar-refractivity contribution is 0.0940. The molecule has 0 saturated carbocycles. The number of rotatable bonds is 1. The number of phenols is 1. The molecule has 2 N–H and O–H groups in total. The fraction of sp³-hybridized carbons (Fsp3) is 0.400. The Morgan fingerprint density at radius 3 is 2.93 bits per heavy atom. The number of phenolic OH excluding ortho intramolecular Hbond substituents is 1. The molecule has 0 saturated heterocycles. The van der Waals surface area contributed by atoms with Gasteiger partial charge in [0.05, 0.1) is 6.04 Å². The molecule has 1 unspecified atom stereocenters. The van der Waals surface area contributed by atoms with Crippen molar-refractivity contribution in [1.82, 2.24) is 5.32 Å². The van der Waals surface area contributed by atoms with Crippen molar-refractivity contribution in [3.05, 3.63) is 29.3 Å². The maximum absolute atomic E-state index is 12.6. The maximum atomic E-state index is 12.6. The van der Waals surface area contributed by atoms with Crippen LogP contribution < -0.4 is 5.32 Å². The normalized spacial score (nSPS) is 20.9. The number of alkyl halides is 2. The van der Waals surface area contributed by atoms with Gasteiger partial charge in [0.15, 0.2) is 0 Å². The summed E-state index contributed by atoms with van der Waals surface area (Å²) < 4.78 is 25.2. The Balaban J connectivity index is 2.47. The SMILES string of the molecule is Oc1cccc2c1C(C(F)F)NCC2. The predicted octanol–water partition coefficient (Wildman–Crippen LogP) is 1.84. The van der Waals surface area contributed by atoms with Crippen molar-refractivity contribution in [3.63, 3.8) is 0 Å². The van der Waals surface area contributed by atoms with E-state index in [0.29, 0.717) is 18.5 Å². The van der Waals surface area contributed by atoms with Crippen LogP contribution in [0.3, 0.4) is 0 Å². The first-order valence-corrected chi connectivity index (χ1v) is 4.52. The Morgan fingerprint density at radius 1 is 1.43 bits per heavy atom. The first kappa shape index (κ1) is 9.40. The maximum Gasteiger partial charge on any atom is 0.257 e. The monoisotopic (exact) mass is 199 g/mol. The standard InChI is InChI=1S/C10H11F2NO/c11-10(12)9-8-6(4-5-13-9)2-1-3-7(8)14/h1-3,9-10,13-14H,4-5H2. The van der Waals surface area contributed by atoms with E-state index < -0.39 is 12.5 Å². The Kier molecular flexibility index (Phi) is 2.37. The number of benzene rings is 1. The van der Waals surface area contributed by atoms with Crippen LogP contribution in [0.4, 0.5) is 8.78 Å². The van der Waals surface area contributed by atoms with Crippen LogP contribution in [0, 0.1) is 0 Å². The van der Waals surface area contributed by atoms with Crippen molar-refractivity contribution in [1.29, 1.82) is 0 Å². The summed E-state index contributed by atoms with van der Waals surface area (Å²) in [4.78, 5) is 0. The summed E-state index contributed by atoms with van der Waals surface area (Å²) in [7, 11) is 0. The van der Waals surface area contributed by atoms with E-state index in [2.05, 4.69) is 5.32 Å². The average molecular weight is 199 g/mol. The van der Waals surface area contributed by atoms with E-state index in [9.17, 15) is 13.9 Å². The second-order valence-electron chi connectivity index (χ2n) is 3.37. The molecule has 0 fully saturated rings. The molecule has 0 bridgehead atoms. The molecule has 2 rings (SSSR count). The van der Waals surface area contributed by atoms with Gasteiger partial charge in [0, 0.05) is 5.56 Å². The fourth-order valence-electron chi connectivity index (χ4n) is 1.86. The summed E-state index contributed by atoms with van der Waals surface area (Å²) in [5.41, 5.74) is 1.17. The third kappa shape index (κ3) is 1.46. The highest BCUT2D eigenvalue weighted by Gasteiger charge is 2.29. The summed E-state index contributed by atoms with van der Waals surface area (Å²) >= 11 is 0. The van der Waals surface area contributed by atoms with E-state index in [-0.39, 0.29) is 5.75 Å². The minimum absolute atomic E-state index is 0.0417. The third-order valence-corrected chi connectivity index (χ3v) is 2.49. The number of hydrogen-bond donors (Lipinski definition) is 2. The van der Waals surface area contributed by atoms with Crippen molar-refractivity contribution in [3.8, 4) is 5.75 Å². The van der Waals surface area contributed by atoms with Crippen molar-refractivity contribution < 1.29 is 13.9 Å². The van der Waals surface area contributed by atoms with Crippen LogP contribution >= 0.6 is 0 Å². The molecule has 1 heterocycles. The van der Waals surface area contributed by atoms with Gasteiger partial charge in [0.2, 0.25) is 0 Å². The highest BCUT2D eigenvalue weighted by atomic mass is 19.3. The van der Waals surface area contributed by atoms with E-state index in [1.165, 1.54) is 6.07 Å². The summed E-state index contributed by atoms with van der Waals surface area (Å²) in [6.45, 7) is 0.533. The average Bonchev–Trinajstić information content (AvgIpc) is 2.17. The molecule has 14 heavy (non-hydrogen) atoms. The van der Waals surface area contributed by atoms with Gasteiger partial charge in [-0.2, -0.15) is 0 Å². The highest BCUT2D eigenvalue weighted by Crippen LogP contribution is 2.34. The Bertz CT molecular complexity index is 341. The Labute approximate surface area is 80.6 Å². The predicted molar refractivity (Wildman–Crippen MR) is 48.6 cm³/mol. The van der Waals surface area contributed by atoms with Gasteiger partial charge in [0.1, 0.15) is 5.75 Å². The van der Waals surface area contributed by atoms with Gasteiger partial charge in [-0.25, -0.2) is 8.78 Å². The summed E-state index contributed by atoms with van der Waals surface area (Å²) in [6.07, 6.45) is -1.80. The molecule has 1 aromatic carbocycles. The van der Waals surface area contributed by atoms with Crippen molar-refractivity contribution in [2.24, 2.45) is 0 Å². The zero-order valence-electron chi connectivity index (χ0n) is 7.50. The molecule has 1 aromatic rings. The molecular weight excluding hydrogens is 188 g/mol. The number of halogens is 2. The second kappa shape index (κ2) is 3.53. The lowest BCUT2D eigenvalue weighted by Crippen LogP contribution is -2.34. The van der Waals surface area contributed by atoms with Crippen LogP contribution in [0.25, 0.3) is 0 Å². The summed E-state index contributed by atoms with van der Waals surface area (Å²) in [6, 6.07) is 3.88. The number of fused-ring (bicyclic) bond motifs is 1. The van der Waals surface area contributed by atoms with Crippen molar-refractivity contribution in [2.75, 3.05) is 6.54 Å². The van der Waals surface area contributed by atoms with Gasteiger partial charge in [-0.15, -0.1) is 0 Å². The fourth-order valence-corrected chi connectivity index (χ4v) is 1.86. The van der Waals surface area contributed by atoms with Gasteiger partial charge in [-0.3, -0.25) is 0 Å². The Morgan fingerprint density at radius 2 is 2.21 bits per heavy atom. The summed E-state index contributed by atoms with van der Waals surface area (Å²) in [5, 5.41) is 12.2. The first-order chi connectivity index (χ1) is 6.70. The topological polar surface area (TPSA) is 32.3 Å². The minimum atomic E-state index is -2.48. The number of hydrogen-bond acceptors (Lipinski definition) is 2. The molecule has 1 atom stereocenters. The van der Waals surface area contributed by atoms with E-state index >= 15 is 0 Å². The highest BCUT2D eigenvalue weighted by molar-refractivity contribution is 5.43. The smallest absolute Gasteiger partial charge is 0.257 e. The zero-order valence-corrected chi connectivity index (χ0v) is 7.50. The second-order valence-corrected chi connectivity index (χ2v) is 3.37. The molecule has 4 heteroatoms. The van der Waals surface area contributed by atoms with E-state index in [1.807, 2.05) is 0 Å². The lowest BCUT2D eigenvalue weighted by atomic mass is 9.94. The van der Waals surface area contributed by atoms with E-state index in [4.69, 9.17) is 0 Å². The van der Waals surface area contributed by atoms with Crippen molar-refractivity contribution >= 4 is 0 Å². The van der Waals surface area contributed by atoms with Crippen LogP contribution in [0.5, 0.6) is 5.75 Å². The molecule has 0 spiro atoms. The van der Waals surface area contributed by atoms with Gasteiger partial charge in [-0.05, 0) is 24.6 Å². The van der Waals surface area contributed by atoms with Crippen LogP contribution in [0.1, 0.15) is 17.2 Å². The molecule has 0 aromatic heterocycles. The zero-order chi connectivity index (χ0) is 10.1. The molecule has 0 radical (unpaired) electrons. The molecule has 76 valence electrons. The van der Waals surface area contributed by atoms with Crippen molar-refractivity contribution in [2.45, 2.75) is 18.9 Å². The molecule has 1 aliphatic heterocycles. The van der Waals surface area contributed by atoms with Crippen LogP contribution in [0.2, 0.25) is 0 Å². The van der Waals surface area contributed by atoms with Crippen LogP contribution in [-0.4, -0.2) is 18.1 Å². The van der Waals surface area contributed by atoms with E-state index in [0.717, 1.165) is 5.56 Å². The Hall–Kier alpha value is -1.16. The number of nitrogens with one attached hydrogen (secondary N) is 1. The number of aromatic hydroxyl groups is 1. The van der Waals surface area contributed by atoms with Gasteiger partial charge in [0.25, 0.3) is 6.43 Å². The van der Waals surface area contributed by atoms with Crippen LogP contribution in [0.15, 0.2) is 18.2 Å². The largest absolute Gasteiger partial charge is 0.508 e. The minimum Gasteiger partial charge on any atom is -0.508 e. The molecule has 0 aliphatic carbocycles. The van der Waals surface area contributed by atoms with Crippen LogP contribution in [-0.2, 0) is 6.42 Å². The molecule has 1 aliphatic rings. The van der Waals surface area contributed by atoms with Gasteiger partial charge >= 0.3 is 0 Å². The molecular formula is C10H11F2NO. The first-order valence-electron chi connectivity index (χ1n) is 4.52. The van der Waals surface area contributed by atoms with E-state index in [1.54, 1.807) is 12.1 Å². The van der Waals surface area contributed by atoms with Gasteiger partial charge in [-0.1, -0.05) is 12.1 Å².